The number of hydrogen-bond acceptors (Lipinski definition) is 2. The normalized spacial score (nSPS) is 12.4. The third kappa shape index (κ3) is 3.29. The van der Waals surface area contributed by atoms with E-state index in [1.165, 1.54) is 32.7 Å². The molecule has 0 amide bonds. The van der Waals surface area contributed by atoms with Crippen LogP contribution in [0.2, 0.25) is 0 Å². The molecule has 0 radical (unpaired) electrons. The molecule has 1 aliphatic heterocycles. The van der Waals surface area contributed by atoms with Crippen LogP contribution < -0.4 is 9.64 Å². The number of benzene rings is 6. The van der Waals surface area contributed by atoms with E-state index in [-0.39, 0.29) is 0 Å². The van der Waals surface area contributed by atoms with Crippen LogP contribution in [0.3, 0.4) is 0 Å². The summed E-state index contributed by atoms with van der Waals surface area (Å²) in [5.74, 6) is 1.71. The van der Waals surface area contributed by atoms with Crippen LogP contribution in [-0.2, 0) is 0 Å². The summed E-state index contributed by atoms with van der Waals surface area (Å²) < 4.78 is 10.9. The maximum atomic E-state index is 6.23. The van der Waals surface area contributed by atoms with Gasteiger partial charge < -0.3 is 18.8 Å². The summed E-state index contributed by atoms with van der Waals surface area (Å²) in [6.07, 6.45) is 2.19. The predicted molar refractivity (Wildman–Crippen MR) is 172 cm³/mol. The first-order chi connectivity index (χ1) is 20.8. The van der Waals surface area contributed by atoms with Gasteiger partial charge in [0.1, 0.15) is 0 Å². The second-order valence-electron chi connectivity index (χ2n) is 10.7. The Morgan fingerprint density at radius 2 is 1.07 bits per heavy atom. The van der Waals surface area contributed by atoms with Gasteiger partial charge in [-0.3, -0.25) is 0 Å². The van der Waals surface area contributed by atoms with Gasteiger partial charge in [0.05, 0.1) is 27.9 Å². The Kier molecular flexibility index (Phi) is 4.87. The van der Waals surface area contributed by atoms with Gasteiger partial charge in [0.2, 0.25) is 0 Å². The van der Waals surface area contributed by atoms with Crippen molar-refractivity contribution >= 4 is 49.8 Å². The topological polar surface area (TPSA) is 22.3 Å². The second kappa shape index (κ2) is 8.88. The van der Waals surface area contributed by atoms with E-state index in [1.54, 1.807) is 0 Å². The molecule has 8 aromatic rings. The minimum absolute atomic E-state index is 0.854. The van der Waals surface area contributed by atoms with Gasteiger partial charge in [0, 0.05) is 39.4 Å². The Morgan fingerprint density at radius 3 is 1.83 bits per heavy atom. The number of hydrogen-bond donors (Lipinski definition) is 0. The van der Waals surface area contributed by atoms with E-state index in [0.717, 1.165) is 39.9 Å². The molecule has 198 valence electrons. The lowest BCUT2D eigenvalue weighted by molar-refractivity contribution is 0.477. The third-order valence-corrected chi connectivity index (χ3v) is 8.32. The van der Waals surface area contributed by atoms with Crippen molar-refractivity contribution in [3.05, 3.63) is 152 Å². The second-order valence-corrected chi connectivity index (χ2v) is 10.7. The summed E-state index contributed by atoms with van der Waals surface area (Å²) in [6, 6.07) is 51.3. The highest BCUT2D eigenvalue weighted by Crippen LogP contribution is 2.50. The van der Waals surface area contributed by atoms with Gasteiger partial charge in [-0.1, -0.05) is 72.8 Å². The van der Waals surface area contributed by atoms with Gasteiger partial charge in [-0.05, 0) is 72.8 Å². The van der Waals surface area contributed by atoms with E-state index in [9.17, 15) is 0 Å². The maximum absolute atomic E-state index is 6.23. The van der Waals surface area contributed by atoms with Crippen molar-refractivity contribution in [1.82, 2.24) is 9.13 Å². The van der Waals surface area contributed by atoms with Gasteiger partial charge >= 0.3 is 0 Å². The number of para-hydroxylation sites is 6. The smallest absolute Gasteiger partial charge is 0.151 e. The van der Waals surface area contributed by atoms with Crippen molar-refractivity contribution in [2.45, 2.75) is 0 Å². The molecule has 0 saturated heterocycles. The largest absolute Gasteiger partial charge is 0.453 e. The van der Waals surface area contributed by atoms with E-state index in [1.807, 2.05) is 24.3 Å². The van der Waals surface area contributed by atoms with Crippen LogP contribution in [0, 0.1) is 0 Å². The molecule has 0 bridgehead atoms. The maximum Gasteiger partial charge on any atom is 0.151 e. The van der Waals surface area contributed by atoms with Gasteiger partial charge in [-0.2, -0.15) is 0 Å². The molecule has 0 saturated carbocycles. The van der Waals surface area contributed by atoms with Crippen molar-refractivity contribution in [1.29, 1.82) is 0 Å². The van der Waals surface area contributed by atoms with Gasteiger partial charge in [-0.25, -0.2) is 0 Å². The number of ether oxygens (including phenoxy) is 1. The molecule has 3 heterocycles. The molecular weight excluding hydrogens is 514 g/mol. The monoisotopic (exact) mass is 539 g/mol. The highest BCUT2D eigenvalue weighted by Gasteiger charge is 2.25. The van der Waals surface area contributed by atoms with Crippen molar-refractivity contribution in [3.8, 4) is 22.9 Å². The van der Waals surface area contributed by atoms with Gasteiger partial charge in [0.25, 0.3) is 0 Å². The molecule has 0 fully saturated rings. The van der Waals surface area contributed by atoms with Crippen molar-refractivity contribution in [2.24, 2.45) is 0 Å². The lowest BCUT2D eigenvalue weighted by atomic mass is 10.1. The van der Waals surface area contributed by atoms with Crippen LogP contribution in [0.4, 0.5) is 17.1 Å². The van der Waals surface area contributed by atoms with E-state index >= 15 is 0 Å². The number of fused-ring (bicyclic) bond motifs is 7. The summed E-state index contributed by atoms with van der Waals surface area (Å²) in [4.78, 5) is 2.27. The molecule has 42 heavy (non-hydrogen) atoms. The zero-order chi connectivity index (χ0) is 27.6. The SMILES string of the molecule is c1ccc(-n2c3ccccc3c3ccc4ccn(-c5ccc(N6c7ccccc7Oc7ccccc76)cc5)c4c32)cc1. The average molecular weight is 540 g/mol. The standard InChI is InChI=1S/C38H25N3O/c1-2-10-28(11-3-1)41-32-13-5-4-12-30(32)31-23-18-26-24-25-39(37(26)38(31)41)27-19-21-29(22-20-27)40-33-14-6-8-16-35(33)42-36-17-9-7-15-34(36)40/h1-25H. The van der Waals surface area contributed by atoms with Crippen LogP contribution in [-0.4, -0.2) is 9.13 Å². The molecule has 0 aliphatic carbocycles. The van der Waals surface area contributed by atoms with Crippen molar-refractivity contribution in [2.75, 3.05) is 4.90 Å². The molecular formula is C38H25N3O. The zero-order valence-corrected chi connectivity index (χ0v) is 22.7. The van der Waals surface area contributed by atoms with Crippen LogP contribution in [0.1, 0.15) is 0 Å². The molecule has 0 N–H and O–H groups in total. The first-order valence-electron chi connectivity index (χ1n) is 14.2. The number of aromatic nitrogens is 2. The number of nitrogens with zero attached hydrogens (tertiary/aromatic N) is 3. The van der Waals surface area contributed by atoms with E-state index in [0.29, 0.717) is 0 Å². The summed E-state index contributed by atoms with van der Waals surface area (Å²) in [5.41, 5.74) is 9.03. The molecule has 2 aromatic heterocycles. The fraction of sp³-hybridized carbons (Fsp3) is 0. The molecule has 0 atom stereocenters. The van der Waals surface area contributed by atoms with E-state index in [2.05, 4.69) is 142 Å². The Balaban J connectivity index is 1.25. The summed E-state index contributed by atoms with van der Waals surface area (Å²) in [6.45, 7) is 0. The van der Waals surface area contributed by atoms with Crippen molar-refractivity contribution < 1.29 is 4.74 Å². The third-order valence-electron chi connectivity index (χ3n) is 8.32. The highest BCUT2D eigenvalue weighted by molar-refractivity contribution is 6.18. The summed E-state index contributed by atoms with van der Waals surface area (Å²) in [5, 5.41) is 3.72. The zero-order valence-electron chi connectivity index (χ0n) is 22.7. The van der Waals surface area contributed by atoms with Crippen molar-refractivity contribution in [3.63, 3.8) is 0 Å². The molecule has 4 heteroatoms. The first-order valence-corrected chi connectivity index (χ1v) is 14.2. The molecule has 0 unspecified atom stereocenters. The summed E-state index contributed by atoms with van der Waals surface area (Å²) >= 11 is 0. The molecule has 6 aromatic carbocycles. The molecule has 0 spiro atoms. The minimum Gasteiger partial charge on any atom is -0.453 e. The number of rotatable bonds is 3. The van der Waals surface area contributed by atoms with E-state index < -0.39 is 0 Å². The Morgan fingerprint density at radius 1 is 0.429 bits per heavy atom. The lowest BCUT2D eigenvalue weighted by Crippen LogP contribution is -2.15. The fourth-order valence-corrected chi connectivity index (χ4v) is 6.48. The molecule has 4 nitrogen and oxygen atoms in total. The number of anilines is 3. The van der Waals surface area contributed by atoms with Crippen LogP contribution in [0.25, 0.3) is 44.1 Å². The highest BCUT2D eigenvalue weighted by atomic mass is 16.5. The summed E-state index contributed by atoms with van der Waals surface area (Å²) in [7, 11) is 0. The Hall–Kier alpha value is -5.74. The first kappa shape index (κ1) is 23.0. The van der Waals surface area contributed by atoms with Crippen LogP contribution in [0.15, 0.2) is 152 Å². The van der Waals surface area contributed by atoms with Gasteiger partial charge in [0.15, 0.2) is 11.5 Å². The van der Waals surface area contributed by atoms with Gasteiger partial charge in [-0.15, -0.1) is 0 Å². The Labute approximate surface area is 242 Å². The molecule has 1 aliphatic rings. The fourth-order valence-electron chi connectivity index (χ4n) is 6.48. The minimum atomic E-state index is 0.854. The quantitative estimate of drug-likeness (QED) is 0.223. The average Bonchev–Trinajstić information content (AvgIpc) is 3.64. The van der Waals surface area contributed by atoms with E-state index in [4.69, 9.17) is 4.74 Å². The lowest BCUT2D eigenvalue weighted by Gasteiger charge is -2.32. The van der Waals surface area contributed by atoms with Crippen LogP contribution >= 0.6 is 0 Å². The Bertz CT molecular complexity index is 2230. The molecule has 9 rings (SSSR count). The predicted octanol–water partition coefficient (Wildman–Crippen LogP) is 10.3. The van der Waals surface area contributed by atoms with Crippen LogP contribution in [0.5, 0.6) is 11.5 Å².